The highest BCUT2D eigenvalue weighted by Crippen LogP contribution is 2.14. The first-order valence-corrected chi connectivity index (χ1v) is 7.97. The second-order valence-electron chi connectivity index (χ2n) is 5.97. The maximum absolute atomic E-state index is 12.6. The van der Waals surface area contributed by atoms with E-state index in [2.05, 4.69) is 15.4 Å². The number of hydrogen-bond acceptors (Lipinski definition) is 6. The van der Waals surface area contributed by atoms with Gasteiger partial charge in [0.1, 0.15) is 0 Å². The molecule has 0 spiro atoms. The largest absolute Gasteiger partial charge is 0.379 e. The van der Waals surface area contributed by atoms with Gasteiger partial charge in [0.15, 0.2) is 11.5 Å². The fourth-order valence-corrected chi connectivity index (χ4v) is 2.82. The average molecular weight is 322 g/mol. The summed E-state index contributed by atoms with van der Waals surface area (Å²) in [4.78, 5) is 27.9. The smallest absolute Gasteiger partial charge is 0.276 e. The number of rotatable bonds is 3. The van der Waals surface area contributed by atoms with Crippen molar-refractivity contribution in [3.05, 3.63) is 17.5 Å². The molecule has 0 aromatic carbocycles. The van der Waals surface area contributed by atoms with Gasteiger partial charge in [-0.25, -0.2) is 0 Å². The molecule has 0 bridgehead atoms. The Morgan fingerprint density at radius 1 is 1.39 bits per heavy atom. The molecule has 2 saturated heterocycles. The summed E-state index contributed by atoms with van der Waals surface area (Å²) < 4.78 is 10.6. The van der Waals surface area contributed by atoms with Gasteiger partial charge < -0.3 is 19.5 Å². The van der Waals surface area contributed by atoms with Crippen LogP contribution in [0.15, 0.2) is 10.6 Å². The molecule has 0 radical (unpaired) electrons. The monoisotopic (exact) mass is 322 g/mol. The topological polar surface area (TPSA) is 87.9 Å². The highest BCUT2D eigenvalue weighted by Gasteiger charge is 2.27. The minimum Gasteiger partial charge on any atom is -0.379 e. The van der Waals surface area contributed by atoms with Gasteiger partial charge in [-0.1, -0.05) is 5.16 Å². The third-order valence-electron chi connectivity index (χ3n) is 4.23. The summed E-state index contributed by atoms with van der Waals surface area (Å²) in [6.45, 7) is 6.53. The standard InChI is InChI=1S/C15H22N4O4/c1-11-9-16-14(20)2-3-19(11)15(21)13-8-12(23-17-13)10-18-4-6-22-7-5-18/h8,11H,2-7,9-10H2,1H3,(H,16,20)/t11-/m1/s1. The molecule has 126 valence electrons. The maximum atomic E-state index is 12.6. The van der Waals surface area contributed by atoms with E-state index < -0.39 is 0 Å². The highest BCUT2D eigenvalue weighted by molar-refractivity contribution is 5.93. The van der Waals surface area contributed by atoms with Crippen molar-refractivity contribution in [3.63, 3.8) is 0 Å². The summed E-state index contributed by atoms with van der Waals surface area (Å²) in [6.07, 6.45) is 0.314. The number of amides is 2. The van der Waals surface area contributed by atoms with E-state index in [0.29, 0.717) is 50.7 Å². The molecule has 2 amide bonds. The third kappa shape index (κ3) is 3.89. The molecule has 0 saturated carbocycles. The quantitative estimate of drug-likeness (QED) is 0.833. The molecule has 8 nitrogen and oxygen atoms in total. The van der Waals surface area contributed by atoms with Crippen molar-refractivity contribution in [2.75, 3.05) is 39.4 Å². The van der Waals surface area contributed by atoms with Crippen molar-refractivity contribution >= 4 is 11.8 Å². The zero-order chi connectivity index (χ0) is 16.2. The van der Waals surface area contributed by atoms with Crippen LogP contribution in [-0.4, -0.2) is 72.2 Å². The van der Waals surface area contributed by atoms with Crippen LogP contribution in [0.25, 0.3) is 0 Å². The van der Waals surface area contributed by atoms with E-state index in [0.717, 1.165) is 13.1 Å². The average Bonchev–Trinajstić information content (AvgIpc) is 2.95. The van der Waals surface area contributed by atoms with Crippen LogP contribution in [0.1, 0.15) is 29.6 Å². The zero-order valence-corrected chi connectivity index (χ0v) is 13.3. The molecule has 8 heteroatoms. The van der Waals surface area contributed by atoms with Crippen molar-refractivity contribution in [2.45, 2.75) is 25.9 Å². The van der Waals surface area contributed by atoms with E-state index in [1.165, 1.54) is 0 Å². The van der Waals surface area contributed by atoms with Crippen molar-refractivity contribution < 1.29 is 18.8 Å². The lowest BCUT2D eigenvalue weighted by molar-refractivity contribution is -0.120. The molecule has 3 heterocycles. The zero-order valence-electron chi connectivity index (χ0n) is 13.3. The van der Waals surface area contributed by atoms with Crippen molar-refractivity contribution in [3.8, 4) is 0 Å². The third-order valence-corrected chi connectivity index (χ3v) is 4.23. The number of carbonyl (C=O) groups is 2. The minimum atomic E-state index is -0.189. The molecular weight excluding hydrogens is 300 g/mol. The van der Waals surface area contributed by atoms with Gasteiger partial charge in [-0.3, -0.25) is 14.5 Å². The molecule has 2 fully saturated rings. The summed E-state index contributed by atoms with van der Waals surface area (Å²) in [5, 5.41) is 6.71. The van der Waals surface area contributed by atoms with Gasteiger partial charge in [-0.15, -0.1) is 0 Å². The second-order valence-corrected chi connectivity index (χ2v) is 5.97. The van der Waals surface area contributed by atoms with Crippen LogP contribution in [0.2, 0.25) is 0 Å². The van der Waals surface area contributed by atoms with Gasteiger partial charge >= 0.3 is 0 Å². The molecule has 2 aliphatic heterocycles. The molecule has 3 rings (SSSR count). The van der Waals surface area contributed by atoms with Crippen LogP contribution >= 0.6 is 0 Å². The van der Waals surface area contributed by atoms with E-state index in [4.69, 9.17) is 9.26 Å². The Bertz CT molecular complexity index is 568. The van der Waals surface area contributed by atoms with Gasteiger partial charge in [-0.05, 0) is 6.92 Å². The molecule has 0 aliphatic carbocycles. The number of aromatic nitrogens is 1. The summed E-state index contributed by atoms with van der Waals surface area (Å²) in [6, 6.07) is 1.64. The highest BCUT2D eigenvalue weighted by atomic mass is 16.5. The van der Waals surface area contributed by atoms with Gasteiger partial charge in [0.05, 0.1) is 19.8 Å². The number of carbonyl (C=O) groups excluding carboxylic acids is 2. The second kappa shape index (κ2) is 7.10. The van der Waals surface area contributed by atoms with Crippen LogP contribution in [0.4, 0.5) is 0 Å². The molecular formula is C15H22N4O4. The number of ether oxygens (including phenoxy) is 1. The fourth-order valence-electron chi connectivity index (χ4n) is 2.82. The maximum Gasteiger partial charge on any atom is 0.276 e. The lowest BCUT2D eigenvalue weighted by atomic mass is 10.2. The Morgan fingerprint density at radius 3 is 2.96 bits per heavy atom. The van der Waals surface area contributed by atoms with Gasteiger partial charge in [0.25, 0.3) is 5.91 Å². The van der Waals surface area contributed by atoms with Crippen LogP contribution in [-0.2, 0) is 16.1 Å². The lowest BCUT2D eigenvalue weighted by Gasteiger charge is -2.25. The summed E-state index contributed by atoms with van der Waals surface area (Å²) in [5.41, 5.74) is 0.300. The predicted octanol–water partition coefficient (Wildman–Crippen LogP) is -0.143. The Hall–Kier alpha value is -1.93. The Morgan fingerprint density at radius 2 is 2.17 bits per heavy atom. The van der Waals surface area contributed by atoms with Crippen LogP contribution < -0.4 is 5.32 Å². The summed E-state index contributed by atoms with van der Waals surface area (Å²) >= 11 is 0. The first-order valence-electron chi connectivity index (χ1n) is 7.97. The first-order chi connectivity index (χ1) is 11.1. The van der Waals surface area contributed by atoms with Gasteiger partial charge in [0.2, 0.25) is 5.91 Å². The van der Waals surface area contributed by atoms with Gasteiger partial charge in [-0.2, -0.15) is 0 Å². The minimum absolute atomic E-state index is 0.0275. The Labute approximate surface area is 134 Å². The van der Waals surface area contributed by atoms with Crippen molar-refractivity contribution in [1.82, 2.24) is 20.3 Å². The molecule has 1 atom stereocenters. The fraction of sp³-hybridized carbons (Fsp3) is 0.667. The first kappa shape index (κ1) is 15.9. The summed E-state index contributed by atoms with van der Waals surface area (Å²) in [7, 11) is 0. The molecule has 1 aromatic rings. The number of morpholine rings is 1. The van der Waals surface area contributed by atoms with Crippen LogP contribution in [0.3, 0.4) is 0 Å². The molecule has 1 N–H and O–H groups in total. The number of nitrogens with zero attached hydrogens (tertiary/aromatic N) is 3. The molecule has 1 aromatic heterocycles. The van der Waals surface area contributed by atoms with Crippen molar-refractivity contribution in [1.29, 1.82) is 0 Å². The van der Waals surface area contributed by atoms with E-state index >= 15 is 0 Å². The SMILES string of the molecule is C[C@@H]1CNC(=O)CCN1C(=O)c1cc(CN2CCOCC2)on1. The molecule has 2 aliphatic rings. The molecule has 0 unspecified atom stereocenters. The van der Waals surface area contributed by atoms with E-state index in [1.807, 2.05) is 6.92 Å². The summed E-state index contributed by atoms with van der Waals surface area (Å²) in [5.74, 6) is 0.457. The van der Waals surface area contributed by atoms with Gasteiger partial charge in [0, 0.05) is 44.7 Å². The lowest BCUT2D eigenvalue weighted by Crippen LogP contribution is -2.41. The normalized spacial score (nSPS) is 23.4. The Balaban J connectivity index is 1.64. The van der Waals surface area contributed by atoms with E-state index in [1.54, 1.807) is 11.0 Å². The predicted molar refractivity (Wildman–Crippen MR) is 80.7 cm³/mol. The molecule has 23 heavy (non-hydrogen) atoms. The number of nitrogens with one attached hydrogen (secondary N) is 1. The van der Waals surface area contributed by atoms with Crippen LogP contribution in [0, 0.1) is 0 Å². The van der Waals surface area contributed by atoms with E-state index in [-0.39, 0.29) is 17.9 Å². The Kier molecular flexibility index (Phi) is 4.92. The van der Waals surface area contributed by atoms with E-state index in [9.17, 15) is 9.59 Å². The number of hydrogen-bond donors (Lipinski definition) is 1. The van der Waals surface area contributed by atoms with Crippen LogP contribution in [0.5, 0.6) is 0 Å². The van der Waals surface area contributed by atoms with Crippen molar-refractivity contribution in [2.24, 2.45) is 0 Å².